The van der Waals surface area contributed by atoms with Gasteiger partial charge in [-0.1, -0.05) is 25.1 Å². The molecule has 0 radical (unpaired) electrons. The van der Waals surface area contributed by atoms with Crippen LogP contribution in [0.5, 0.6) is 0 Å². The number of carboxylic acids is 1. The van der Waals surface area contributed by atoms with Gasteiger partial charge in [0.1, 0.15) is 0 Å². The highest BCUT2D eigenvalue weighted by atomic mass is 16.4. The van der Waals surface area contributed by atoms with Gasteiger partial charge in [0.05, 0.1) is 0 Å². The Labute approximate surface area is 119 Å². The number of carboxylic acid groups (broad SMARTS) is 1. The third kappa shape index (κ3) is 5.30. The number of carbonyl (C=O) groups is 2. The van der Waals surface area contributed by atoms with Crippen molar-refractivity contribution in [2.75, 3.05) is 5.32 Å². The highest BCUT2D eigenvalue weighted by Gasteiger charge is 2.21. The Kier molecular flexibility index (Phi) is 5.55. The number of aliphatic carboxylic acids is 1. The van der Waals surface area contributed by atoms with Gasteiger partial charge in [-0.25, -0.2) is 4.79 Å². The van der Waals surface area contributed by atoms with Crippen LogP contribution in [0.1, 0.15) is 39.2 Å². The first kappa shape index (κ1) is 16.0. The maximum Gasteiger partial charge on any atom is 0.319 e. The molecule has 5 heteroatoms. The number of nitrogens with one attached hydrogen (secondary N) is 2. The molecule has 0 unspecified atom stereocenters. The van der Waals surface area contributed by atoms with Crippen LogP contribution in [-0.4, -0.2) is 22.6 Å². The number of benzene rings is 1. The van der Waals surface area contributed by atoms with Crippen molar-refractivity contribution < 1.29 is 14.7 Å². The first-order chi connectivity index (χ1) is 9.34. The molecule has 0 aliphatic carbocycles. The molecule has 0 bridgehead atoms. The average molecular weight is 278 g/mol. The molecule has 0 spiro atoms. The maximum atomic E-state index is 12.0. The van der Waals surface area contributed by atoms with Gasteiger partial charge in [0.15, 0.2) is 0 Å². The van der Waals surface area contributed by atoms with Crippen molar-refractivity contribution in [3.05, 3.63) is 29.8 Å². The van der Waals surface area contributed by atoms with Gasteiger partial charge in [-0.05, 0) is 38.3 Å². The minimum absolute atomic E-state index is 0.0266. The van der Waals surface area contributed by atoms with Crippen molar-refractivity contribution in [3.63, 3.8) is 0 Å². The van der Waals surface area contributed by atoms with Gasteiger partial charge in [0.25, 0.3) is 0 Å². The summed E-state index contributed by atoms with van der Waals surface area (Å²) >= 11 is 0. The largest absolute Gasteiger partial charge is 0.481 e. The number of anilines is 1. The third-order valence-electron chi connectivity index (χ3n) is 3.06. The van der Waals surface area contributed by atoms with E-state index in [0.717, 1.165) is 17.7 Å². The summed E-state index contributed by atoms with van der Waals surface area (Å²) < 4.78 is 0. The molecular weight excluding hydrogens is 256 g/mol. The molecule has 110 valence electrons. The zero-order valence-electron chi connectivity index (χ0n) is 12.2. The lowest BCUT2D eigenvalue weighted by molar-refractivity contribution is -0.137. The quantitative estimate of drug-likeness (QED) is 0.748. The molecule has 2 amide bonds. The molecule has 1 aromatic carbocycles. The molecule has 0 saturated carbocycles. The zero-order valence-corrected chi connectivity index (χ0v) is 12.2. The Bertz CT molecular complexity index is 484. The Balaban J connectivity index is 2.60. The van der Waals surface area contributed by atoms with Crippen LogP contribution in [0.15, 0.2) is 24.3 Å². The van der Waals surface area contributed by atoms with Crippen LogP contribution in [0, 0.1) is 0 Å². The Morgan fingerprint density at radius 3 is 2.50 bits per heavy atom. The van der Waals surface area contributed by atoms with Gasteiger partial charge in [-0.15, -0.1) is 0 Å². The van der Waals surface area contributed by atoms with Gasteiger partial charge in [-0.2, -0.15) is 0 Å². The smallest absolute Gasteiger partial charge is 0.319 e. The van der Waals surface area contributed by atoms with E-state index in [2.05, 4.69) is 10.6 Å². The molecular formula is C15H22N2O3. The predicted molar refractivity (Wildman–Crippen MR) is 78.9 cm³/mol. The molecule has 3 N–H and O–H groups in total. The van der Waals surface area contributed by atoms with Crippen molar-refractivity contribution in [2.45, 2.75) is 45.6 Å². The molecule has 0 saturated heterocycles. The molecule has 20 heavy (non-hydrogen) atoms. The summed E-state index contributed by atoms with van der Waals surface area (Å²) in [6.45, 7) is 5.64. The number of amides is 2. The Morgan fingerprint density at radius 1 is 1.25 bits per heavy atom. The number of hydrogen-bond donors (Lipinski definition) is 3. The van der Waals surface area contributed by atoms with Gasteiger partial charge in [0, 0.05) is 17.6 Å². The number of hydrogen-bond acceptors (Lipinski definition) is 2. The monoisotopic (exact) mass is 278 g/mol. The third-order valence-corrected chi connectivity index (χ3v) is 3.06. The van der Waals surface area contributed by atoms with E-state index in [0.29, 0.717) is 6.42 Å². The van der Waals surface area contributed by atoms with Crippen LogP contribution in [0.4, 0.5) is 10.5 Å². The normalized spacial score (nSPS) is 10.9. The van der Waals surface area contributed by atoms with E-state index >= 15 is 0 Å². The zero-order chi connectivity index (χ0) is 15.2. The van der Waals surface area contributed by atoms with Gasteiger partial charge >= 0.3 is 12.0 Å². The average Bonchev–Trinajstić information content (AvgIpc) is 2.36. The summed E-state index contributed by atoms with van der Waals surface area (Å²) in [7, 11) is 0. The van der Waals surface area contributed by atoms with Gasteiger partial charge in [0.2, 0.25) is 0 Å². The molecule has 1 aromatic rings. The number of para-hydroxylation sites is 1. The van der Waals surface area contributed by atoms with Crippen molar-refractivity contribution >= 4 is 17.7 Å². The van der Waals surface area contributed by atoms with E-state index < -0.39 is 11.5 Å². The highest BCUT2D eigenvalue weighted by Crippen LogP contribution is 2.16. The second kappa shape index (κ2) is 6.93. The second-order valence-corrected chi connectivity index (χ2v) is 5.37. The highest BCUT2D eigenvalue weighted by molar-refractivity contribution is 5.90. The molecule has 0 aliphatic rings. The van der Waals surface area contributed by atoms with Crippen LogP contribution in [0.25, 0.3) is 0 Å². The molecule has 1 rings (SSSR count). The lowest BCUT2D eigenvalue weighted by Crippen LogP contribution is -2.45. The van der Waals surface area contributed by atoms with E-state index in [9.17, 15) is 9.59 Å². The van der Waals surface area contributed by atoms with Gasteiger partial charge < -0.3 is 15.7 Å². The molecule has 0 atom stereocenters. The van der Waals surface area contributed by atoms with Crippen molar-refractivity contribution in [1.82, 2.24) is 5.32 Å². The fraction of sp³-hybridized carbons (Fsp3) is 0.467. The summed E-state index contributed by atoms with van der Waals surface area (Å²) in [6.07, 6.45) is 1.24. The molecule has 5 nitrogen and oxygen atoms in total. The number of rotatable bonds is 6. The number of aryl methyl sites for hydroxylation is 1. The lowest BCUT2D eigenvalue weighted by atomic mass is 9.99. The van der Waals surface area contributed by atoms with E-state index in [1.807, 2.05) is 31.2 Å². The molecule has 0 aromatic heterocycles. The number of urea groups is 1. The van der Waals surface area contributed by atoms with Gasteiger partial charge in [-0.3, -0.25) is 4.79 Å². The first-order valence-corrected chi connectivity index (χ1v) is 6.73. The van der Waals surface area contributed by atoms with E-state index in [1.165, 1.54) is 0 Å². The first-order valence-electron chi connectivity index (χ1n) is 6.73. The van der Waals surface area contributed by atoms with Crippen LogP contribution in [0.2, 0.25) is 0 Å². The molecule has 0 aliphatic heterocycles. The van der Waals surface area contributed by atoms with E-state index in [4.69, 9.17) is 5.11 Å². The summed E-state index contributed by atoms with van der Waals surface area (Å²) in [5, 5.41) is 14.3. The maximum absolute atomic E-state index is 12.0. The van der Waals surface area contributed by atoms with Crippen LogP contribution < -0.4 is 10.6 Å². The molecule has 0 fully saturated rings. The summed E-state index contributed by atoms with van der Waals surface area (Å²) in [4.78, 5) is 22.5. The SMILES string of the molecule is CCc1ccccc1NC(=O)NC(C)(C)CCC(=O)O. The fourth-order valence-corrected chi connectivity index (χ4v) is 1.89. The standard InChI is InChI=1S/C15H22N2O3/c1-4-11-7-5-6-8-12(11)16-14(20)17-15(2,3)10-9-13(18)19/h5-8H,4,9-10H2,1-3H3,(H,18,19)(H2,16,17,20). The summed E-state index contributed by atoms with van der Waals surface area (Å²) in [5.41, 5.74) is 1.27. The van der Waals surface area contributed by atoms with Crippen LogP contribution in [-0.2, 0) is 11.2 Å². The summed E-state index contributed by atoms with van der Waals surface area (Å²) in [5.74, 6) is -0.864. The molecule has 0 heterocycles. The van der Waals surface area contributed by atoms with Crippen molar-refractivity contribution in [2.24, 2.45) is 0 Å². The second-order valence-electron chi connectivity index (χ2n) is 5.37. The Hall–Kier alpha value is -2.04. The summed E-state index contributed by atoms with van der Waals surface area (Å²) in [6, 6.07) is 7.29. The topological polar surface area (TPSA) is 78.4 Å². The minimum Gasteiger partial charge on any atom is -0.481 e. The van der Waals surface area contributed by atoms with E-state index in [-0.39, 0.29) is 12.5 Å². The lowest BCUT2D eigenvalue weighted by Gasteiger charge is -2.26. The van der Waals surface area contributed by atoms with Crippen molar-refractivity contribution in [1.29, 1.82) is 0 Å². The van der Waals surface area contributed by atoms with Crippen LogP contribution in [0.3, 0.4) is 0 Å². The van der Waals surface area contributed by atoms with Crippen LogP contribution >= 0.6 is 0 Å². The Morgan fingerprint density at radius 2 is 1.90 bits per heavy atom. The predicted octanol–water partition coefficient (Wildman–Crippen LogP) is 3.01. The fourth-order valence-electron chi connectivity index (χ4n) is 1.89. The minimum atomic E-state index is -0.864. The van der Waals surface area contributed by atoms with E-state index in [1.54, 1.807) is 13.8 Å². The van der Waals surface area contributed by atoms with Crippen molar-refractivity contribution in [3.8, 4) is 0 Å². The number of carbonyl (C=O) groups excluding carboxylic acids is 1.